The van der Waals surface area contributed by atoms with Gasteiger partial charge in [0.15, 0.2) is 0 Å². The van der Waals surface area contributed by atoms with Crippen molar-refractivity contribution >= 4 is 46.3 Å². The maximum atomic E-state index is 13.7. The van der Waals surface area contributed by atoms with E-state index in [-0.39, 0.29) is 11.8 Å². The van der Waals surface area contributed by atoms with Crippen LogP contribution in [0.3, 0.4) is 0 Å². The summed E-state index contributed by atoms with van der Waals surface area (Å²) in [6, 6.07) is 21.2. The molecule has 1 aliphatic carbocycles. The number of aryl methyl sites for hydroxylation is 2. The molecule has 2 aromatic carbocycles. The van der Waals surface area contributed by atoms with Gasteiger partial charge in [0.05, 0.1) is 22.5 Å². The predicted octanol–water partition coefficient (Wildman–Crippen LogP) is 7.09. The molecule has 4 aromatic rings. The fourth-order valence-electron chi connectivity index (χ4n) is 5.49. The third kappa shape index (κ3) is 4.53. The van der Waals surface area contributed by atoms with Crippen LogP contribution < -0.4 is 10.3 Å². The molecule has 0 spiro atoms. The molecule has 2 aromatic heterocycles. The van der Waals surface area contributed by atoms with Crippen molar-refractivity contribution in [2.75, 3.05) is 10.3 Å². The summed E-state index contributed by atoms with van der Waals surface area (Å²) in [4.78, 5) is 28.3. The van der Waals surface area contributed by atoms with Crippen molar-refractivity contribution in [3.05, 3.63) is 105 Å². The number of hydrazone groups is 1. The molecule has 6 rings (SSSR count). The second-order valence-corrected chi connectivity index (χ2v) is 11.2. The number of anilines is 2. The minimum Gasteiger partial charge on any atom is -0.322 e. The first-order valence-electron chi connectivity index (χ1n) is 13.3. The number of fused-ring (bicyclic) bond motifs is 1. The normalized spacial score (nSPS) is 16.0. The highest BCUT2D eigenvalue weighted by molar-refractivity contribution is 7.15. The van der Waals surface area contributed by atoms with Crippen LogP contribution in [0.5, 0.6) is 0 Å². The molecule has 0 fully saturated rings. The molecule has 6 nitrogen and oxygen atoms in total. The molecule has 2 amide bonds. The highest BCUT2D eigenvalue weighted by atomic mass is 32.1. The Morgan fingerprint density at radius 2 is 1.67 bits per heavy atom. The van der Waals surface area contributed by atoms with E-state index in [0.29, 0.717) is 11.3 Å². The highest BCUT2D eigenvalue weighted by Crippen LogP contribution is 2.39. The number of thiophene rings is 1. The van der Waals surface area contributed by atoms with Crippen LogP contribution in [0.2, 0.25) is 0 Å². The lowest BCUT2D eigenvalue weighted by Crippen LogP contribution is -2.21. The SMILES string of the molecule is CC1=NN(c2ccccc2)C(=O)C1=Cc1cc(C)n(-c2sc3c(c2C(=O)Nc2ccccc2)CCCC3)c1C. The Kier molecular flexibility index (Phi) is 6.53. The lowest BCUT2D eigenvalue weighted by Gasteiger charge is -2.14. The number of para-hydroxylation sites is 2. The number of carbonyl (C=O) groups excluding carboxylic acids is 2. The monoisotopic (exact) mass is 534 g/mol. The fourth-order valence-corrected chi connectivity index (χ4v) is 6.99. The maximum Gasteiger partial charge on any atom is 0.280 e. The number of nitrogens with zero attached hydrogens (tertiary/aromatic N) is 3. The zero-order valence-corrected chi connectivity index (χ0v) is 23.1. The molecule has 0 unspecified atom stereocenters. The first-order chi connectivity index (χ1) is 18.9. The Labute approximate surface area is 232 Å². The lowest BCUT2D eigenvalue weighted by molar-refractivity contribution is -0.114. The molecule has 0 saturated carbocycles. The van der Waals surface area contributed by atoms with Gasteiger partial charge in [0.25, 0.3) is 11.8 Å². The summed E-state index contributed by atoms with van der Waals surface area (Å²) in [6.45, 7) is 5.98. The number of benzene rings is 2. The van der Waals surface area contributed by atoms with E-state index in [1.165, 1.54) is 15.4 Å². The molecule has 0 bridgehead atoms. The average molecular weight is 535 g/mol. The van der Waals surface area contributed by atoms with E-state index in [1.807, 2.05) is 73.7 Å². The van der Waals surface area contributed by atoms with Gasteiger partial charge in [0.2, 0.25) is 0 Å². The number of rotatable bonds is 5. The van der Waals surface area contributed by atoms with Crippen molar-refractivity contribution < 1.29 is 9.59 Å². The molecule has 0 atom stereocenters. The van der Waals surface area contributed by atoms with Gasteiger partial charge >= 0.3 is 0 Å². The van der Waals surface area contributed by atoms with Gasteiger partial charge < -0.3 is 9.88 Å². The van der Waals surface area contributed by atoms with Gasteiger partial charge in [-0.1, -0.05) is 36.4 Å². The first-order valence-corrected chi connectivity index (χ1v) is 14.1. The first kappa shape index (κ1) is 25.1. The average Bonchev–Trinajstić information content (AvgIpc) is 3.56. The van der Waals surface area contributed by atoms with Crippen molar-refractivity contribution in [1.29, 1.82) is 0 Å². The Balaban J connectivity index is 1.40. The highest BCUT2D eigenvalue weighted by Gasteiger charge is 2.31. The number of hydrogen-bond acceptors (Lipinski definition) is 4. The van der Waals surface area contributed by atoms with Crippen molar-refractivity contribution in [2.24, 2.45) is 5.10 Å². The number of aromatic nitrogens is 1. The van der Waals surface area contributed by atoms with Crippen molar-refractivity contribution in [3.8, 4) is 5.00 Å². The Morgan fingerprint density at radius 1 is 0.974 bits per heavy atom. The predicted molar refractivity (Wildman–Crippen MR) is 159 cm³/mol. The smallest absolute Gasteiger partial charge is 0.280 e. The van der Waals surface area contributed by atoms with Gasteiger partial charge in [-0.05, 0) is 94.0 Å². The standard InChI is InChI=1S/C32H30N4O2S/c1-20-18-23(19-27-21(2)34-36(31(27)38)25-14-8-5-9-15-25)22(3)35(20)32-29(26-16-10-11-17-28(26)39-32)30(37)33-24-12-6-4-7-13-24/h4-9,12-15,18-19H,10-11,16-17H2,1-3H3,(H,33,37). The van der Waals surface area contributed by atoms with Crippen molar-refractivity contribution in [2.45, 2.75) is 46.5 Å². The third-order valence-corrected chi connectivity index (χ3v) is 8.72. The van der Waals surface area contributed by atoms with Gasteiger partial charge in [-0.25, -0.2) is 0 Å². The number of amides is 2. The topological polar surface area (TPSA) is 66.7 Å². The summed E-state index contributed by atoms with van der Waals surface area (Å²) < 4.78 is 2.18. The van der Waals surface area contributed by atoms with Gasteiger partial charge in [-0.3, -0.25) is 9.59 Å². The Bertz CT molecular complexity index is 1640. The van der Waals surface area contributed by atoms with Crippen LogP contribution in [0.15, 0.2) is 77.4 Å². The van der Waals surface area contributed by atoms with Crippen LogP contribution in [0, 0.1) is 13.8 Å². The quantitative estimate of drug-likeness (QED) is 0.278. The summed E-state index contributed by atoms with van der Waals surface area (Å²) in [5.74, 6) is -0.214. The van der Waals surface area contributed by atoms with Crippen LogP contribution in [0.4, 0.5) is 11.4 Å². The lowest BCUT2D eigenvalue weighted by atomic mass is 9.95. The second kappa shape index (κ2) is 10.2. The van der Waals surface area contributed by atoms with E-state index >= 15 is 0 Å². The number of carbonyl (C=O) groups is 2. The van der Waals surface area contributed by atoms with Crippen molar-refractivity contribution in [1.82, 2.24) is 4.57 Å². The van der Waals surface area contributed by atoms with Gasteiger partial charge in [0.1, 0.15) is 5.00 Å². The largest absolute Gasteiger partial charge is 0.322 e. The summed E-state index contributed by atoms with van der Waals surface area (Å²) in [5.41, 5.74) is 7.69. The van der Waals surface area contributed by atoms with Gasteiger partial charge in [-0.15, -0.1) is 11.3 Å². The van der Waals surface area contributed by atoms with E-state index in [0.717, 1.165) is 64.6 Å². The molecule has 0 saturated heterocycles. The van der Waals surface area contributed by atoms with Crippen molar-refractivity contribution in [3.63, 3.8) is 0 Å². The van der Waals surface area contributed by atoms with Crippen LogP contribution >= 0.6 is 11.3 Å². The van der Waals surface area contributed by atoms with Crippen LogP contribution in [-0.4, -0.2) is 22.1 Å². The summed E-state index contributed by atoms with van der Waals surface area (Å²) in [5, 5.41) is 10.1. The van der Waals surface area contributed by atoms with Crippen LogP contribution in [0.1, 0.15) is 57.5 Å². The second-order valence-electron chi connectivity index (χ2n) is 10.1. The Morgan fingerprint density at radius 3 is 2.41 bits per heavy atom. The minimum atomic E-state index is -0.141. The molecular weight excluding hydrogens is 504 g/mol. The fraction of sp³-hybridized carbons (Fsp3) is 0.219. The summed E-state index contributed by atoms with van der Waals surface area (Å²) in [7, 11) is 0. The minimum absolute atomic E-state index is 0.0737. The number of nitrogens with one attached hydrogen (secondary N) is 1. The van der Waals surface area contributed by atoms with E-state index < -0.39 is 0 Å². The zero-order chi connectivity index (χ0) is 27.1. The van der Waals surface area contributed by atoms with E-state index in [4.69, 9.17) is 0 Å². The molecule has 0 radical (unpaired) electrons. The molecule has 196 valence electrons. The molecule has 1 aliphatic heterocycles. The van der Waals surface area contributed by atoms with E-state index in [2.05, 4.69) is 34.9 Å². The third-order valence-electron chi connectivity index (χ3n) is 7.45. The molecule has 3 heterocycles. The summed E-state index contributed by atoms with van der Waals surface area (Å²) >= 11 is 1.72. The Hall–Kier alpha value is -4.23. The molecule has 2 aliphatic rings. The zero-order valence-electron chi connectivity index (χ0n) is 22.3. The number of hydrogen-bond donors (Lipinski definition) is 1. The van der Waals surface area contributed by atoms with Crippen LogP contribution in [-0.2, 0) is 17.6 Å². The summed E-state index contributed by atoms with van der Waals surface area (Å²) in [6.07, 6.45) is 6.08. The molecule has 1 N–H and O–H groups in total. The molecule has 7 heteroatoms. The molecule has 39 heavy (non-hydrogen) atoms. The van der Waals surface area contributed by atoms with Gasteiger partial charge in [-0.2, -0.15) is 10.1 Å². The molecular formula is C32H30N4O2S. The maximum absolute atomic E-state index is 13.7. The van der Waals surface area contributed by atoms with Crippen LogP contribution in [0.25, 0.3) is 11.1 Å². The van der Waals surface area contributed by atoms with E-state index in [1.54, 1.807) is 11.3 Å². The van der Waals surface area contributed by atoms with Gasteiger partial charge in [0, 0.05) is 22.0 Å². The van der Waals surface area contributed by atoms with E-state index in [9.17, 15) is 9.59 Å².